The van der Waals surface area contributed by atoms with Crippen LogP contribution in [0.4, 0.5) is 0 Å². The predicted molar refractivity (Wildman–Crippen MR) is 63.8 cm³/mol. The van der Waals surface area contributed by atoms with Crippen molar-refractivity contribution in [3.8, 4) is 11.5 Å². The average Bonchev–Trinajstić information content (AvgIpc) is 3.05. The van der Waals surface area contributed by atoms with E-state index in [1.54, 1.807) is 18.2 Å². The maximum atomic E-state index is 12.0. The quantitative estimate of drug-likeness (QED) is 0.874. The first-order valence-corrected chi connectivity index (χ1v) is 6.08. The maximum Gasteiger partial charge on any atom is 0.251 e. The van der Waals surface area contributed by atoms with E-state index in [9.17, 15) is 4.79 Å². The molecule has 1 fully saturated rings. The van der Waals surface area contributed by atoms with Crippen LogP contribution in [0.15, 0.2) is 18.2 Å². The number of hydrogen-bond donors (Lipinski definition) is 1. The lowest BCUT2D eigenvalue weighted by atomic mass is 10.1. The fourth-order valence-corrected chi connectivity index (χ4v) is 2.12. The Morgan fingerprint density at radius 3 is 3.06 bits per heavy atom. The van der Waals surface area contributed by atoms with Crippen molar-refractivity contribution in [2.45, 2.75) is 6.42 Å². The Labute approximate surface area is 105 Å². The second-order valence-corrected chi connectivity index (χ2v) is 4.51. The van der Waals surface area contributed by atoms with Crippen LogP contribution in [0.2, 0.25) is 0 Å². The maximum absolute atomic E-state index is 12.0. The molecule has 5 nitrogen and oxygen atoms in total. The summed E-state index contributed by atoms with van der Waals surface area (Å²) in [5.74, 6) is 1.67. The summed E-state index contributed by atoms with van der Waals surface area (Å²) in [5, 5.41) is 2.92. The van der Waals surface area contributed by atoms with E-state index in [2.05, 4.69) is 5.32 Å². The number of carbonyl (C=O) groups excluding carboxylic acids is 1. The van der Waals surface area contributed by atoms with Gasteiger partial charge in [0.25, 0.3) is 5.91 Å². The number of amides is 1. The number of benzene rings is 1. The van der Waals surface area contributed by atoms with Crippen LogP contribution in [-0.4, -0.2) is 32.5 Å². The highest BCUT2D eigenvalue weighted by Crippen LogP contribution is 2.32. The van der Waals surface area contributed by atoms with Crippen LogP contribution in [-0.2, 0) is 4.74 Å². The highest BCUT2D eigenvalue weighted by Gasteiger charge is 2.19. The van der Waals surface area contributed by atoms with E-state index >= 15 is 0 Å². The molecule has 1 aromatic carbocycles. The molecule has 1 amide bonds. The lowest BCUT2D eigenvalue weighted by Gasteiger charge is -2.09. The van der Waals surface area contributed by atoms with Crippen molar-refractivity contribution >= 4 is 5.91 Å². The first kappa shape index (κ1) is 11.3. The van der Waals surface area contributed by atoms with Crippen LogP contribution in [0.3, 0.4) is 0 Å². The van der Waals surface area contributed by atoms with Crippen LogP contribution in [0.25, 0.3) is 0 Å². The molecule has 2 aliphatic heterocycles. The smallest absolute Gasteiger partial charge is 0.251 e. The third-order valence-electron chi connectivity index (χ3n) is 3.21. The summed E-state index contributed by atoms with van der Waals surface area (Å²) in [4.78, 5) is 12.0. The van der Waals surface area contributed by atoms with Crippen LogP contribution in [0.5, 0.6) is 11.5 Å². The van der Waals surface area contributed by atoms with E-state index in [1.807, 2.05) is 0 Å². The minimum Gasteiger partial charge on any atom is -0.454 e. The van der Waals surface area contributed by atoms with Crippen LogP contribution < -0.4 is 14.8 Å². The highest BCUT2D eigenvalue weighted by molar-refractivity contribution is 5.94. The number of ether oxygens (including phenoxy) is 3. The normalized spacial score (nSPS) is 21.0. The van der Waals surface area contributed by atoms with Crippen molar-refractivity contribution in [3.63, 3.8) is 0 Å². The molecule has 2 heterocycles. The fourth-order valence-electron chi connectivity index (χ4n) is 2.12. The Hall–Kier alpha value is -1.75. The third kappa shape index (κ3) is 2.26. The van der Waals surface area contributed by atoms with Crippen molar-refractivity contribution in [2.75, 3.05) is 26.6 Å². The van der Waals surface area contributed by atoms with E-state index in [0.29, 0.717) is 29.5 Å². The molecule has 0 radical (unpaired) electrons. The molecule has 0 aliphatic carbocycles. The van der Waals surface area contributed by atoms with Gasteiger partial charge in [0, 0.05) is 24.6 Å². The summed E-state index contributed by atoms with van der Waals surface area (Å²) >= 11 is 0. The molecule has 18 heavy (non-hydrogen) atoms. The molecule has 96 valence electrons. The minimum absolute atomic E-state index is 0.0831. The summed E-state index contributed by atoms with van der Waals surface area (Å²) in [6, 6.07) is 5.22. The number of rotatable bonds is 3. The van der Waals surface area contributed by atoms with Crippen molar-refractivity contribution in [1.29, 1.82) is 0 Å². The summed E-state index contributed by atoms with van der Waals surface area (Å²) in [7, 11) is 0. The number of fused-ring (bicyclic) bond motifs is 1. The van der Waals surface area contributed by atoms with E-state index in [1.165, 1.54) is 0 Å². The van der Waals surface area contributed by atoms with Gasteiger partial charge in [-0.1, -0.05) is 0 Å². The van der Waals surface area contributed by atoms with Gasteiger partial charge in [0.05, 0.1) is 6.61 Å². The molecule has 0 aromatic heterocycles. The summed E-state index contributed by atoms with van der Waals surface area (Å²) in [6.45, 7) is 2.42. The third-order valence-corrected chi connectivity index (χ3v) is 3.21. The first-order valence-electron chi connectivity index (χ1n) is 6.08. The molecule has 0 unspecified atom stereocenters. The van der Waals surface area contributed by atoms with Gasteiger partial charge in [-0.15, -0.1) is 0 Å². The van der Waals surface area contributed by atoms with E-state index < -0.39 is 0 Å². The molecular weight excluding hydrogens is 234 g/mol. The summed E-state index contributed by atoms with van der Waals surface area (Å²) < 4.78 is 15.7. The van der Waals surface area contributed by atoms with Gasteiger partial charge in [-0.05, 0) is 24.6 Å². The van der Waals surface area contributed by atoms with E-state index in [-0.39, 0.29) is 12.7 Å². The first-order chi connectivity index (χ1) is 8.83. The second kappa shape index (κ2) is 4.86. The molecule has 1 aromatic rings. The van der Waals surface area contributed by atoms with Gasteiger partial charge in [-0.2, -0.15) is 0 Å². The van der Waals surface area contributed by atoms with Crippen molar-refractivity contribution < 1.29 is 19.0 Å². The number of carbonyl (C=O) groups is 1. The molecular formula is C13H15NO4. The van der Waals surface area contributed by atoms with Crippen molar-refractivity contribution in [3.05, 3.63) is 23.8 Å². The summed E-state index contributed by atoms with van der Waals surface area (Å²) in [5.41, 5.74) is 0.596. The monoisotopic (exact) mass is 249 g/mol. The molecule has 5 heteroatoms. The molecule has 0 saturated carbocycles. The lowest BCUT2D eigenvalue weighted by Crippen LogP contribution is -2.29. The molecule has 0 bridgehead atoms. The topological polar surface area (TPSA) is 56.8 Å². The zero-order chi connectivity index (χ0) is 12.4. The minimum atomic E-state index is -0.0831. The standard InChI is InChI=1S/C13H15NO4/c15-13(14-6-9-3-4-16-7-9)10-1-2-11-12(5-10)18-8-17-11/h1-2,5,9H,3-4,6-8H2,(H,14,15)/t9-/m1/s1. The summed E-state index contributed by atoms with van der Waals surface area (Å²) in [6.07, 6.45) is 1.02. The molecule has 3 rings (SSSR count). The van der Waals surface area contributed by atoms with Gasteiger partial charge >= 0.3 is 0 Å². The van der Waals surface area contributed by atoms with E-state index in [4.69, 9.17) is 14.2 Å². The van der Waals surface area contributed by atoms with Crippen LogP contribution in [0, 0.1) is 5.92 Å². The Morgan fingerprint density at radius 1 is 1.33 bits per heavy atom. The lowest BCUT2D eigenvalue weighted by molar-refractivity contribution is 0.0944. The van der Waals surface area contributed by atoms with Crippen LogP contribution in [0.1, 0.15) is 16.8 Å². The number of nitrogens with one attached hydrogen (secondary N) is 1. The number of hydrogen-bond acceptors (Lipinski definition) is 4. The van der Waals surface area contributed by atoms with Gasteiger partial charge in [0.1, 0.15) is 0 Å². The Kier molecular flexibility index (Phi) is 3.06. The Balaban J connectivity index is 1.61. The van der Waals surface area contributed by atoms with Crippen molar-refractivity contribution in [2.24, 2.45) is 5.92 Å². The fraction of sp³-hybridized carbons (Fsp3) is 0.462. The van der Waals surface area contributed by atoms with Gasteiger partial charge < -0.3 is 19.5 Å². The SMILES string of the molecule is O=C(NC[C@H]1CCOC1)c1ccc2c(c1)OCO2. The molecule has 1 atom stereocenters. The average molecular weight is 249 g/mol. The van der Waals surface area contributed by atoms with Gasteiger partial charge in [0.2, 0.25) is 6.79 Å². The van der Waals surface area contributed by atoms with Crippen molar-refractivity contribution in [1.82, 2.24) is 5.32 Å². The molecule has 1 N–H and O–H groups in total. The Morgan fingerprint density at radius 2 is 2.22 bits per heavy atom. The highest BCUT2D eigenvalue weighted by atomic mass is 16.7. The molecule has 1 saturated heterocycles. The van der Waals surface area contributed by atoms with E-state index in [0.717, 1.165) is 19.6 Å². The van der Waals surface area contributed by atoms with Crippen LogP contribution >= 0.6 is 0 Å². The zero-order valence-electron chi connectivity index (χ0n) is 9.98. The molecule has 2 aliphatic rings. The zero-order valence-corrected chi connectivity index (χ0v) is 9.98. The molecule has 0 spiro atoms. The second-order valence-electron chi connectivity index (χ2n) is 4.51. The predicted octanol–water partition coefficient (Wildman–Crippen LogP) is 1.18. The van der Waals surface area contributed by atoms with Gasteiger partial charge in [-0.25, -0.2) is 0 Å². The Bertz CT molecular complexity index is 454. The largest absolute Gasteiger partial charge is 0.454 e. The van der Waals surface area contributed by atoms with Gasteiger partial charge in [-0.3, -0.25) is 4.79 Å². The van der Waals surface area contributed by atoms with Gasteiger partial charge in [0.15, 0.2) is 11.5 Å².